The molecule has 9 aromatic rings. The Morgan fingerprint density at radius 3 is 1.92 bits per heavy atom. The molecule has 0 saturated heterocycles. The molecule has 0 saturated carbocycles. The zero-order valence-electron chi connectivity index (χ0n) is 26.8. The molecular weight excluding hydrogens is 623 g/mol. The maximum atomic E-state index is 12.6. The van der Waals surface area contributed by atoms with Gasteiger partial charge in [0.15, 0.2) is 17.5 Å². The van der Waals surface area contributed by atoms with Crippen molar-refractivity contribution in [3.05, 3.63) is 150 Å². The van der Waals surface area contributed by atoms with E-state index in [1.54, 1.807) is 23.2 Å². The van der Waals surface area contributed by atoms with Gasteiger partial charge in [-0.15, -0.1) is 11.3 Å². The van der Waals surface area contributed by atoms with E-state index in [-0.39, 0.29) is 5.69 Å². The van der Waals surface area contributed by atoms with E-state index in [2.05, 4.69) is 84.9 Å². The Labute approximate surface area is 286 Å². The molecule has 7 heteroatoms. The lowest BCUT2D eigenvalue weighted by Crippen LogP contribution is -2.19. The third-order valence-corrected chi connectivity index (χ3v) is 10.4. The number of benzene rings is 6. The van der Waals surface area contributed by atoms with Crippen molar-refractivity contribution in [2.45, 2.75) is 0 Å². The minimum absolute atomic E-state index is 0.0453. The van der Waals surface area contributed by atoms with Gasteiger partial charge in [0.2, 0.25) is 0 Å². The number of rotatable bonds is 5. The van der Waals surface area contributed by atoms with Gasteiger partial charge in [0.25, 0.3) is 0 Å². The maximum absolute atomic E-state index is 12.6. The predicted molar refractivity (Wildman–Crippen MR) is 202 cm³/mol. The van der Waals surface area contributed by atoms with Gasteiger partial charge in [-0.25, -0.2) is 19.7 Å². The monoisotopic (exact) mass is 651 g/mol. The molecule has 0 aliphatic heterocycles. The molecule has 49 heavy (non-hydrogen) atoms. The summed E-state index contributed by atoms with van der Waals surface area (Å²) in [4.78, 5) is 27.8. The summed E-state index contributed by atoms with van der Waals surface area (Å²) in [5, 5.41) is 2.55. The summed E-state index contributed by atoms with van der Waals surface area (Å²) in [7, 11) is 3.61. The van der Waals surface area contributed by atoms with Crippen LogP contribution in [-0.4, -0.2) is 24.1 Å². The first-order valence-electron chi connectivity index (χ1n) is 16.1. The Morgan fingerprint density at radius 1 is 0.449 bits per heavy atom. The first kappa shape index (κ1) is 29.0. The molecule has 3 aromatic heterocycles. The van der Waals surface area contributed by atoms with Crippen LogP contribution in [0.25, 0.3) is 87.6 Å². The van der Waals surface area contributed by atoms with E-state index in [4.69, 9.17) is 15.0 Å². The number of hydrogen-bond acceptors (Lipinski definition) is 5. The van der Waals surface area contributed by atoms with E-state index >= 15 is 0 Å². The average molecular weight is 652 g/mol. The fourth-order valence-electron chi connectivity index (χ4n) is 6.69. The molecule has 0 spiro atoms. The molecule has 0 bridgehead atoms. The van der Waals surface area contributed by atoms with E-state index in [0.29, 0.717) is 17.5 Å². The molecule has 0 aliphatic rings. The third kappa shape index (κ3) is 4.94. The molecule has 6 aromatic carbocycles. The van der Waals surface area contributed by atoms with Gasteiger partial charge in [0.1, 0.15) is 0 Å². The highest BCUT2D eigenvalue weighted by atomic mass is 32.1. The summed E-state index contributed by atoms with van der Waals surface area (Å²) in [6, 6.07) is 48.0. The van der Waals surface area contributed by atoms with Crippen molar-refractivity contribution < 1.29 is 0 Å². The van der Waals surface area contributed by atoms with Gasteiger partial charge in [0.05, 0.1) is 11.0 Å². The van der Waals surface area contributed by atoms with E-state index in [1.165, 1.54) is 20.2 Å². The highest BCUT2D eigenvalue weighted by molar-refractivity contribution is 7.25. The highest BCUT2D eigenvalue weighted by Gasteiger charge is 2.17. The highest BCUT2D eigenvalue weighted by Crippen LogP contribution is 2.39. The number of imidazole rings is 1. The Morgan fingerprint density at radius 2 is 1.06 bits per heavy atom. The quantitative estimate of drug-likeness (QED) is 0.186. The minimum atomic E-state index is -0.0453. The summed E-state index contributed by atoms with van der Waals surface area (Å²) in [6.45, 7) is 0. The van der Waals surface area contributed by atoms with E-state index in [1.807, 2.05) is 65.9 Å². The number of hydrogen-bond donors (Lipinski definition) is 0. The van der Waals surface area contributed by atoms with Crippen LogP contribution in [0.5, 0.6) is 0 Å². The van der Waals surface area contributed by atoms with Gasteiger partial charge in [0, 0.05) is 51.0 Å². The Hall–Kier alpha value is -6.18. The number of thiophene rings is 1. The topological polar surface area (TPSA) is 65.6 Å². The molecule has 3 heterocycles. The lowest BCUT2D eigenvalue weighted by atomic mass is 9.98. The summed E-state index contributed by atoms with van der Waals surface area (Å²) >= 11 is 1.81. The molecule has 0 atom stereocenters. The fraction of sp³-hybridized carbons (Fsp3) is 0.0476. The van der Waals surface area contributed by atoms with Crippen LogP contribution in [0.4, 0.5) is 0 Å². The molecule has 0 fully saturated rings. The second-order valence-electron chi connectivity index (χ2n) is 12.2. The van der Waals surface area contributed by atoms with Crippen molar-refractivity contribution in [2.75, 3.05) is 0 Å². The van der Waals surface area contributed by atoms with Crippen LogP contribution in [-0.2, 0) is 14.1 Å². The fourth-order valence-corrected chi connectivity index (χ4v) is 7.83. The van der Waals surface area contributed by atoms with Gasteiger partial charge >= 0.3 is 5.69 Å². The molecular formula is C42H29N5OS. The number of aryl methyl sites for hydroxylation is 2. The smallest absolute Gasteiger partial charge is 0.295 e. The van der Waals surface area contributed by atoms with Crippen LogP contribution in [0.2, 0.25) is 0 Å². The average Bonchev–Trinajstić information content (AvgIpc) is 3.64. The number of aromatic nitrogens is 5. The van der Waals surface area contributed by atoms with Crippen molar-refractivity contribution >= 4 is 42.5 Å². The Kier molecular flexibility index (Phi) is 6.81. The maximum Gasteiger partial charge on any atom is 0.328 e. The molecule has 0 N–H and O–H groups in total. The van der Waals surface area contributed by atoms with Gasteiger partial charge in [-0.05, 0) is 52.6 Å². The van der Waals surface area contributed by atoms with Crippen molar-refractivity contribution in [3.8, 4) is 56.4 Å². The van der Waals surface area contributed by atoms with Crippen LogP contribution in [0.15, 0.2) is 144 Å². The molecule has 0 unspecified atom stereocenters. The summed E-state index contributed by atoms with van der Waals surface area (Å²) in [5.74, 6) is 1.82. The van der Waals surface area contributed by atoms with Crippen LogP contribution in [0.3, 0.4) is 0 Å². The summed E-state index contributed by atoms with van der Waals surface area (Å²) < 4.78 is 5.89. The molecule has 0 radical (unpaired) electrons. The zero-order chi connectivity index (χ0) is 33.1. The molecule has 0 aliphatic carbocycles. The van der Waals surface area contributed by atoms with Gasteiger partial charge < -0.3 is 0 Å². The van der Waals surface area contributed by atoms with E-state index in [9.17, 15) is 4.79 Å². The van der Waals surface area contributed by atoms with Crippen LogP contribution in [0, 0.1) is 0 Å². The van der Waals surface area contributed by atoms with Gasteiger partial charge in [-0.1, -0.05) is 109 Å². The standard InChI is InChI=1S/C42H29N5OS/c1-46-35-22-20-28(24-36(35)47(2)42(46)48)27-13-10-14-30(23-27)40-43-39(26-11-4-3-5-12-26)44-41(45-40)34-17-7-6-15-31(34)29-19-21-33-32-16-8-9-18-37(32)49-38(33)25-29/h3-25H,1-2H3. The van der Waals surface area contributed by atoms with Gasteiger partial charge in [-0.3, -0.25) is 9.13 Å². The largest absolute Gasteiger partial charge is 0.328 e. The third-order valence-electron chi connectivity index (χ3n) is 9.25. The Balaban J connectivity index is 1.19. The molecule has 9 rings (SSSR count). The molecule has 6 nitrogen and oxygen atoms in total. The van der Waals surface area contributed by atoms with Crippen molar-refractivity contribution in [3.63, 3.8) is 0 Å². The summed E-state index contributed by atoms with van der Waals surface area (Å²) in [5.41, 5.74) is 8.67. The van der Waals surface area contributed by atoms with Crippen LogP contribution >= 0.6 is 11.3 Å². The van der Waals surface area contributed by atoms with Crippen molar-refractivity contribution in [1.29, 1.82) is 0 Å². The second kappa shape index (κ2) is 11.5. The number of nitrogens with zero attached hydrogens (tertiary/aromatic N) is 5. The minimum Gasteiger partial charge on any atom is -0.295 e. The zero-order valence-corrected chi connectivity index (χ0v) is 27.6. The van der Waals surface area contributed by atoms with Crippen LogP contribution in [0.1, 0.15) is 0 Å². The van der Waals surface area contributed by atoms with E-state index in [0.717, 1.165) is 50.0 Å². The Bertz CT molecular complexity index is 2780. The van der Waals surface area contributed by atoms with Gasteiger partial charge in [-0.2, -0.15) is 0 Å². The second-order valence-corrected chi connectivity index (χ2v) is 13.3. The van der Waals surface area contributed by atoms with Crippen molar-refractivity contribution in [1.82, 2.24) is 24.1 Å². The molecule has 0 amide bonds. The van der Waals surface area contributed by atoms with E-state index < -0.39 is 0 Å². The molecule has 234 valence electrons. The SMILES string of the molecule is Cn1c(=O)n(C)c2cc(-c3cccc(-c4nc(-c5ccccc5)nc(-c5ccccc5-c5ccc6c(c5)sc5ccccc56)n4)c3)ccc21. The van der Waals surface area contributed by atoms with Crippen molar-refractivity contribution in [2.24, 2.45) is 14.1 Å². The van der Waals surface area contributed by atoms with Crippen LogP contribution < -0.4 is 5.69 Å². The summed E-state index contributed by atoms with van der Waals surface area (Å²) in [6.07, 6.45) is 0. The number of fused-ring (bicyclic) bond motifs is 4. The predicted octanol–water partition coefficient (Wildman–Crippen LogP) is 9.76. The first-order valence-corrected chi connectivity index (χ1v) is 16.9. The lowest BCUT2D eigenvalue weighted by molar-refractivity contribution is 0.795. The first-order chi connectivity index (χ1) is 24.0. The normalized spacial score (nSPS) is 11.6. The lowest BCUT2D eigenvalue weighted by Gasteiger charge is -2.13.